The molecular formula is C17H21N3O2. The molecule has 0 bridgehead atoms. The Morgan fingerprint density at radius 3 is 2.68 bits per heavy atom. The molecule has 2 aromatic carbocycles. The van der Waals surface area contributed by atoms with Gasteiger partial charge in [-0.1, -0.05) is 19.1 Å². The molecule has 0 aromatic heterocycles. The Morgan fingerprint density at radius 1 is 1.18 bits per heavy atom. The molecule has 2 aromatic rings. The Labute approximate surface area is 130 Å². The summed E-state index contributed by atoms with van der Waals surface area (Å²) in [6, 6.07) is 12.8. The van der Waals surface area contributed by atoms with Crippen LogP contribution in [0.15, 0.2) is 42.5 Å². The molecule has 2 rings (SSSR count). The van der Waals surface area contributed by atoms with Gasteiger partial charge in [-0.3, -0.25) is 4.79 Å². The van der Waals surface area contributed by atoms with Crippen LogP contribution in [-0.4, -0.2) is 19.6 Å². The number of nitrogen functional groups attached to an aromatic ring is 1. The van der Waals surface area contributed by atoms with Crippen molar-refractivity contribution in [2.75, 3.05) is 24.7 Å². The molecular weight excluding hydrogens is 278 g/mol. The minimum Gasteiger partial charge on any atom is -0.495 e. The molecule has 5 heteroatoms. The summed E-state index contributed by atoms with van der Waals surface area (Å²) in [6.45, 7) is 2.63. The molecule has 1 amide bonds. The van der Waals surface area contributed by atoms with Crippen molar-refractivity contribution in [3.8, 4) is 5.75 Å². The molecule has 116 valence electrons. The zero-order valence-corrected chi connectivity index (χ0v) is 12.8. The number of hydrogen-bond acceptors (Lipinski definition) is 4. The first-order valence-electron chi connectivity index (χ1n) is 7.23. The number of para-hydroxylation sites is 2. The second-order valence-electron chi connectivity index (χ2n) is 4.89. The number of nitrogens with two attached hydrogens (primary N) is 1. The molecule has 5 nitrogen and oxygen atoms in total. The lowest BCUT2D eigenvalue weighted by molar-refractivity contribution is 0.0954. The number of carbonyl (C=O) groups excluding carboxylic acids is 1. The fourth-order valence-corrected chi connectivity index (χ4v) is 2.09. The predicted molar refractivity (Wildman–Crippen MR) is 89.8 cm³/mol. The molecule has 0 radical (unpaired) electrons. The van der Waals surface area contributed by atoms with Crippen molar-refractivity contribution >= 4 is 23.0 Å². The molecule has 0 unspecified atom stereocenters. The summed E-state index contributed by atoms with van der Waals surface area (Å²) in [6.07, 6.45) is 0.878. The van der Waals surface area contributed by atoms with Crippen LogP contribution in [0.4, 0.5) is 17.1 Å². The maximum Gasteiger partial charge on any atom is 0.253 e. The zero-order valence-electron chi connectivity index (χ0n) is 12.8. The number of nitrogens with one attached hydrogen (secondary N) is 2. The summed E-state index contributed by atoms with van der Waals surface area (Å²) in [7, 11) is 1.61. The van der Waals surface area contributed by atoms with Gasteiger partial charge in [0.05, 0.1) is 24.0 Å². The van der Waals surface area contributed by atoms with Crippen molar-refractivity contribution in [2.45, 2.75) is 13.3 Å². The van der Waals surface area contributed by atoms with Crippen LogP contribution in [0.5, 0.6) is 5.75 Å². The van der Waals surface area contributed by atoms with E-state index in [9.17, 15) is 4.79 Å². The molecule has 0 saturated carbocycles. The van der Waals surface area contributed by atoms with Gasteiger partial charge >= 0.3 is 0 Å². The molecule has 0 aliphatic rings. The number of hydrogen-bond donors (Lipinski definition) is 3. The summed E-state index contributed by atoms with van der Waals surface area (Å²) < 4.78 is 5.32. The van der Waals surface area contributed by atoms with Crippen LogP contribution in [-0.2, 0) is 0 Å². The average molecular weight is 299 g/mol. The normalized spacial score (nSPS) is 10.1. The van der Waals surface area contributed by atoms with Crippen LogP contribution >= 0.6 is 0 Å². The first-order valence-corrected chi connectivity index (χ1v) is 7.23. The highest BCUT2D eigenvalue weighted by Gasteiger charge is 2.13. The Bertz CT molecular complexity index is 656. The Morgan fingerprint density at radius 2 is 1.95 bits per heavy atom. The van der Waals surface area contributed by atoms with Gasteiger partial charge in [-0.05, 0) is 36.8 Å². The van der Waals surface area contributed by atoms with E-state index in [1.165, 1.54) is 0 Å². The van der Waals surface area contributed by atoms with Crippen LogP contribution in [0.2, 0.25) is 0 Å². The highest BCUT2D eigenvalue weighted by molar-refractivity contribution is 6.01. The fourth-order valence-electron chi connectivity index (χ4n) is 2.09. The second-order valence-corrected chi connectivity index (χ2v) is 4.89. The van der Waals surface area contributed by atoms with Gasteiger partial charge in [0.15, 0.2) is 0 Å². The lowest BCUT2D eigenvalue weighted by atomic mass is 10.1. The third-order valence-electron chi connectivity index (χ3n) is 3.20. The van der Waals surface area contributed by atoms with E-state index in [0.717, 1.165) is 12.1 Å². The molecule has 4 N–H and O–H groups in total. The lowest BCUT2D eigenvalue weighted by Gasteiger charge is -2.15. The number of amides is 1. The van der Waals surface area contributed by atoms with E-state index in [0.29, 0.717) is 29.2 Å². The summed E-state index contributed by atoms with van der Waals surface area (Å²) in [4.78, 5) is 12.3. The van der Waals surface area contributed by atoms with E-state index in [1.54, 1.807) is 25.3 Å². The third-order valence-corrected chi connectivity index (χ3v) is 3.20. The van der Waals surface area contributed by atoms with Gasteiger partial charge in [0.1, 0.15) is 5.75 Å². The molecule has 0 fully saturated rings. The number of ether oxygens (including phenoxy) is 1. The second kappa shape index (κ2) is 7.36. The molecule has 0 aliphatic carbocycles. The number of methoxy groups -OCH3 is 1. The number of rotatable bonds is 6. The van der Waals surface area contributed by atoms with Crippen LogP contribution in [0, 0.1) is 0 Å². The molecule has 0 aliphatic heterocycles. The van der Waals surface area contributed by atoms with Gasteiger partial charge in [-0.25, -0.2) is 0 Å². The van der Waals surface area contributed by atoms with Crippen molar-refractivity contribution in [2.24, 2.45) is 0 Å². The SMILES string of the molecule is CCCNC(=O)c1cc(N)ccc1Nc1ccccc1OC. The molecule has 0 saturated heterocycles. The van der Waals surface area contributed by atoms with Gasteiger partial charge in [0.2, 0.25) is 0 Å². The molecule has 0 heterocycles. The zero-order chi connectivity index (χ0) is 15.9. The highest BCUT2D eigenvalue weighted by Crippen LogP contribution is 2.29. The standard InChI is InChI=1S/C17H21N3O2/c1-3-10-19-17(21)13-11-12(18)8-9-14(13)20-15-6-4-5-7-16(15)22-2/h4-9,11,20H,3,10,18H2,1-2H3,(H,19,21). The number of benzene rings is 2. The average Bonchev–Trinajstić information content (AvgIpc) is 2.54. The van der Waals surface area contributed by atoms with Crippen molar-refractivity contribution in [3.05, 3.63) is 48.0 Å². The maximum absolute atomic E-state index is 12.3. The van der Waals surface area contributed by atoms with E-state index in [2.05, 4.69) is 10.6 Å². The largest absolute Gasteiger partial charge is 0.495 e. The Kier molecular flexibility index (Phi) is 5.25. The monoisotopic (exact) mass is 299 g/mol. The van der Waals surface area contributed by atoms with Crippen molar-refractivity contribution < 1.29 is 9.53 Å². The van der Waals surface area contributed by atoms with Gasteiger partial charge < -0.3 is 21.1 Å². The molecule has 0 spiro atoms. The van der Waals surface area contributed by atoms with E-state index in [4.69, 9.17) is 10.5 Å². The minimum absolute atomic E-state index is 0.147. The van der Waals surface area contributed by atoms with E-state index in [1.807, 2.05) is 31.2 Å². The van der Waals surface area contributed by atoms with E-state index in [-0.39, 0.29) is 5.91 Å². The van der Waals surface area contributed by atoms with E-state index < -0.39 is 0 Å². The summed E-state index contributed by atoms with van der Waals surface area (Å²) in [5.41, 5.74) is 8.35. The van der Waals surface area contributed by atoms with E-state index >= 15 is 0 Å². The number of carbonyl (C=O) groups is 1. The van der Waals surface area contributed by atoms with Crippen molar-refractivity contribution in [3.63, 3.8) is 0 Å². The number of anilines is 3. The Balaban J connectivity index is 2.32. The van der Waals surface area contributed by atoms with Crippen LogP contribution < -0.4 is 21.1 Å². The summed E-state index contributed by atoms with van der Waals surface area (Å²) >= 11 is 0. The first kappa shape index (κ1) is 15.7. The first-order chi connectivity index (χ1) is 10.7. The lowest BCUT2D eigenvalue weighted by Crippen LogP contribution is -2.25. The van der Waals surface area contributed by atoms with Crippen LogP contribution in [0.25, 0.3) is 0 Å². The summed E-state index contributed by atoms with van der Waals surface area (Å²) in [5, 5.41) is 6.10. The van der Waals surface area contributed by atoms with Crippen LogP contribution in [0.3, 0.4) is 0 Å². The summed E-state index contributed by atoms with van der Waals surface area (Å²) in [5.74, 6) is 0.561. The van der Waals surface area contributed by atoms with Gasteiger partial charge in [0, 0.05) is 12.2 Å². The Hall–Kier alpha value is -2.69. The predicted octanol–water partition coefficient (Wildman–Crippen LogP) is 3.16. The fraction of sp³-hybridized carbons (Fsp3) is 0.235. The highest BCUT2D eigenvalue weighted by atomic mass is 16.5. The topological polar surface area (TPSA) is 76.4 Å². The van der Waals surface area contributed by atoms with Crippen LogP contribution in [0.1, 0.15) is 23.7 Å². The smallest absolute Gasteiger partial charge is 0.253 e. The third kappa shape index (κ3) is 3.69. The minimum atomic E-state index is -0.147. The van der Waals surface area contributed by atoms with Crippen molar-refractivity contribution in [1.82, 2.24) is 5.32 Å². The molecule has 0 atom stereocenters. The van der Waals surface area contributed by atoms with Gasteiger partial charge in [-0.15, -0.1) is 0 Å². The van der Waals surface area contributed by atoms with Crippen molar-refractivity contribution in [1.29, 1.82) is 0 Å². The van der Waals surface area contributed by atoms with Gasteiger partial charge in [0.25, 0.3) is 5.91 Å². The maximum atomic E-state index is 12.3. The van der Waals surface area contributed by atoms with Gasteiger partial charge in [-0.2, -0.15) is 0 Å². The molecule has 22 heavy (non-hydrogen) atoms. The quantitative estimate of drug-likeness (QED) is 0.716.